The highest BCUT2D eigenvalue weighted by Gasteiger charge is 2.08. The Hall–Kier alpha value is -0.400. The normalized spacial score (nSPS) is 10.2. The number of benzene rings is 2. The van der Waals surface area contributed by atoms with E-state index in [9.17, 15) is 4.79 Å². The molecule has 0 aromatic heterocycles. The molecule has 0 spiro atoms. The van der Waals surface area contributed by atoms with Crippen molar-refractivity contribution in [1.82, 2.24) is 0 Å². The zero-order valence-corrected chi connectivity index (χ0v) is 14.4. The molecular formula is C13H8Br2INO. The molecule has 0 unspecified atom stereocenters. The second-order valence-electron chi connectivity index (χ2n) is 3.62. The van der Waals surface area contributed by atoms with Gasteiger partial charge in [-0.2, -0.15) is 0 Å². The second kappa shape index (κ2) is 6.16. The number of halogens is 3. The molecule has 2 nitrogen and oxygen atoms in total. The van der Waals surface area contributed by atoms with E-state index >= 15 is 0 Å². The van der Waals surface area contributed by atoms with Crippen molar-refractivity contribution >= 4 is 66.0 Å². The van der Waals surface area contributed by atoms with Gasteiger partial charge >= 0.3 is 0 Å². The van der Waals surface area contributed by atoms with Crippen LogP contribution in [0, 0.1) is 3.57 Å². The fraction of sp³-hybridized carbons (Fsp3) is 0. The maximum atomic E-state index is 12.1. The summed E-state index contributed by atoms with van der Waals surface area (Å²) in [6.07, 6.45) is 0. The van der Waals surface area contributed by atoms with E-state index in [2.05, 4.69) is 59.8 Å². The fourth-order valence-corrected chi connectivity index (χ4v) is 3.29. The number of carbonyl (C=O) groups excluding carboxylic acids is 1. The van der Waals surface area contributed by atoms with Gasteiger partial charge in [-0.25, -0.2) is 0 Å². The van der Waals surface area contributed by atoms with Crippen molar-refractivity contribution < 1.29 is 4.79 Å². The molecule has 0 atom stereocenters. The summed E-state index contributed by atoms with van der Waals surface area (Å²) in [5, 5.41) is 2.87. The van der Waals surface area contributed by atoms with Crippen LogP contribution in [0.1, 0.15) is 10.4 Å². The van der Waals surface area contributed by atoms with E-state index in [4.69, 9.17) is 0 Å². The summed E-state index contributed by atoms with van der Waals surface area (Å²) in [4.78, 5) is 12.1. The molecule has 1 N–H and O–H groups in total. The van der Waals surface area contributed by atoms with Gasteiger partial charge in [0.1, 0.15) is 0 Å². The van der Waals surface area contributed by atoms with Gasteiger partial charge in [0.2, 0.25) is 0 Å². The highest BCUT2D eigenvalue weighted by molar-refractivity contribution is 14.1. The Labute approximate surface area is 136 Å². The number of amides is 1. The van der Waals surface area contributed by atoms with E-state index < -0.39 is 0 Å². The van der Waals surface area contributed by atoms with E-state index in [0.29, 0.717) is 5.56 Å². The minimum Gasteiger partial charge on any atom is -0.322 e. The van der Waals surface area contributed by atoms with Crippen LogP contribution in [0.15, 0.2) is 51.4 Å². The molecule has 2 aromatic carbocycles. The fourth-order valence-electron chi connectivity index (χ4n) is 1.45. The third-order valence-corrected chi connectivity index (χ3v) is 3.79. The zero-order valence-electron chi connectivity index (χ0n) is 9.08. The molecule has 0 aliphatic heterocycles. The van der Waals surface area contributed by atoms with Crippen molar-refractivity contribution in [2.24, 2.45) is 0 Å². The lowest BCUT2D eigenvalue weighted by Gasteiger charge is -2.06. The largest absolute Gasteiger partial charge is 0.322 e. The van der Waals surface area contributed by atoms with Crippen LogP contribution in [0.3, 0.4) is 0 Å². The standard InChI is InChI=1S/C13H8Br2INO/c14-9-4-8(5-10(15)6-9)13(18)17-12-3-1-2-11(16)7-12/h1-7H,(H,17,18). The Morgan fingerprint density at radius 2 is 1.72 bits per heavy atom. The molecule has 5 heteroatoms. The van der Waals surface area contributed by atoms with Gasteiger partial charge in [0, 0.05) is 23.8 Å². The van der Waals surface area contributed by atoms with E-state index in [1.54, 1.807) is 12.1 Å². The molecule has 2 aromatic rings. The lowest BCUT2D eigenvalue weighted by molar-refractivity contribution is 0.102. The van der Waals surface area contributed by atoms with Crippen molar-refractivity contribution in [3.05, 3.63) is 60.5 Å². The van der Waals surface area contributed by atoms with Gasteiger partial charge in [0.25, 0.3) is 5.91 Å². The van der Waals surface area contributed by atoms with Crippen LogP contribution in [0.25, 0.3) is 0 Å². The van der Waals surface area contributed by atoms with Crippen LogP contribution >= 0.6 is 54.5 Å². The maximum Gasteiger partial charge on any atom is 0.255 e. The molecule has 0 aliphatic rings. The van der Waals surface area contributed by atoms with Crippen LogP contribution in [-0.2, 0) is 0 Å². The van der Waals surface area contributed by atoms with E-state index in [1.165, 1.54) is 0 Å². The van der Waals surface area contributed by atoms with Gasteiger partial charge in [-0.1, -0.05) is 37.9 Å². The third kappa shape index (κ3) is 3.80. The minimum absolute atomic E-state index is 0.126. The van der Waals surface area contributed by atoms with Crippen LogP contribution in [0.4, 0.5) is 5.69 Å². The van der Waals surface area contributed by atoms with Crippen molar-refractivity contribution in [2.45, 2.75) is 0 Å². The van der Waals surface area contributed by atoms with Crippen LogP contribution in [0.2, 0.25) is 0 Å². The summed E-state index contributed by atoms with van der Waals surface area (Å²) in [5.41, 5.74) is 1.40. The van der Waals surface area contributed by atoms with Crippen LogP contribution in [0.5, 0.6) is 0 Å². The highest BCUT2D eigenvalue weighted by Crippen LogP contribution is 2.21. The van der Waals surface area contributed by atoms with Crippen LogP contribution < -0.4 is 5.32 Å². The third-order valence-electron chi connectivity index (χ3n) is 2.21. The van der Waals surface area contributed by atoms with Crippen molar-refractivity contribution in [3.8, 4) is 0 Å². The van der Waals surface area contributed by atoms with Gasteiger partial charge in [0.05, 0.1) is 0 Å². The van der Waals surface area contributed by atoms with Gasteiger partial charge in [-0.3, -0.25) is 4.79 Å². The predicted molar refractivity (Wildman–Crippen MR) is 89.0 cm³/mol. The Kier molecular flexibility index (Phi) is 4.80. The molecule has 0 heterocycles. The maximum absolute atomic E-state index is 12.1. The first kappa shape index (κ1) is 14.0. The monoisotopic (exact) mass is 479 g/mol. The van der Waals surface area contributed by atoms with Crippen molar-refractivity contribution in [2.75, 3.05) is 5.32 Å². The molecule has 18 heavy (non-hydrogen) atoms. The SMILES string of the molecule is O=C(Nc1cccc(I)c1)c1cc(Br)cc(Br)c1. The average Bonchev–Trinajstić information content (AvgIpc) is 2.27. The van der Waals surface area contributed by atoms with Crippen molar-refractivity contribution in [1.29, 1.82) is 0 Å². The summed E-state index contributed by atoms with van der Waals surface area (Å²) >= 11 is 8.95. The van der Waals surface area contributed by atoms with E-state index in [0.717, 1.165) is 18.2 Å². The molecular weight excluding hydrogens is 473 g/mol. The smallest absolute Gasteiger partial charge is 0.255 e. The lowest BCUT2D eigenvalue weighted by atomic mass is 10.2. The summed E-state index contributed by atoms with van der Waals surface area (Å²) in [5.74, 6) is -0.126. The summed E-state index contributed by atoms with van der Waals surface area (Å²) in [6.45, 7) is 0. The first-order valence-corrected chi connectivity index (χ1v) is 7.74. The van der Waals surface area contributed by atoms with E-state index in [1.807, 2.05) is 30.3 Å². The summed E-state index contributed by atoms with van der Waals surface area (Å²) in [7, 11) is 0. The zero-order chi connectivity index (χ0) is 13.1. The van der Waals surface area contributed by atoms with Gasteiger partial charge in [-0.05, 0) is 59.0 Å². The number of carbonyl (C=O) groups is 1. The topological polar surface area (TPSA) is 29.1 Å². The first-order chi connectivity index (χ1) is 8.54. The second-order valence-corrected chi connectivity index (χ2v) is 6.70. The Morgan fingerprint density at radius 1 is 1.06 bits per heavy atom. The number of hydrogen-bond donors (Lipinski definition) is 1. The summed E-state index contributed by atoms with van der Waals surface area (Å²) < 4.78 is 2.81. The van der Waals surface area contributed by atoms with Crippen LogP contribution in [-0.4, -0.2) is 5.91 Å². The summed E-state index contributed by atoms with van der Waals surface area (Å²) in [6, 6.07) is 13.1. The molecule has 0 aliphatic carbocycles. The lowest BCUT2D eigenvalue weighted by Crippen LogP contribution is -2.11. The molecule has 0 fully saturated rings. The quantitative estimate of drug-likeness (QED) is 0.597. The Morgan fingerprint density at radius 3 is 2.33 bits per heavy atom. The van der Waals surface area contributed by atoms with Gasteiger partial charge < -0.3 is 5.32 Å². The first-order valence-electron chi connectivity index (χ1n) is 5.07. The molecule has 1 amide bonds. The molecule has 0 radical (unpaired) electrons. The molecule has 0 saturated carbocycles. The van der Waals surface area contributed by atoms with Gasteiger partial charge in [-0.15, -0.1) is 0 Å². The average molecular weight is 481 g/mol. The number of nitrogens with one attached hydrogen (secondary N) is 1. The molecule has 2 rings (SSSR count). The van der Waals surface area contributed by atoms with Gasteiger partial charge in [0.15, 0.2) is 0 Å². The number of anilines is 1. The van der Waals surface area contributed by atoms with E-state index in [-0.39, 0.29) is 5.91 Å². The molecule has 92 valence electrons. The number of rotatable bonds is 2. The number of hydrogen-bond acceptors (Lipinski definition) is 1. The Balaban J connectivity index is 2.22. The molecule has 0 saturated heterocycles. The molecule has 0 bridgehead atoms. The Bertz CT molecular complexity index is 581. The van der Waals surface area contributed by atoms with Crippen molar-refractivity contribution in [3.63, 3.8) is 0 Å². The predicted octanol–water partition coefficient (Wildman–Crippen LogP) is 5.07. The minimum atomic E-state index is -0.126. The highest BCUT2D eigenvalue weighted by atomic mass is 127.